The number of hydrogen-bond donors (Lipinski definition) is 2. The molecule has 2 aromatic heterocycles. The summed E-state index contributed by atoms with van der Waals surface area (Å²) in [5.41, 5.74) is 5.97. The van der Waals surface area contributed by atoms with Gasteiger partial charge in [0.05, 0.1) is 29.6 Å². The van der Waals surface area contributed by atoms with Crippen LogP contribution in [-0.4, -0.2) is 81.9 Å². The number of hydrogen-bond acceptors (Lipinski definition) is 8. The van der Waals surface area contributed by atoms with Crippen molar-refractivity contribution in [3.63, 3.8) is 0 Å². The molecule has 10 nitrogen and oxygen atoms in total. The number of H-pyrrole nitrogens is 1. The molecule has 2 saturated heterocycles. The molecule has 7 rings (SSSR count). The number of ether oxygens (including phenoxy) is 1. The van der Waals surface area contributed by atoms with Gasteiger partial charge in [0.15, 0.2) is 0 Å². The van der Waals surface area contributed by atoms with Crippen LogP contribution < -0.4 is 19.9 Å². The summed E-state index contributed by atoms with van der Waals surface area (Å²) in [6.07, 6.45) is 10.6. The molecule has 3 aliphatic heterocycles. The first-order valence-corrected chi connectivity index (χ1v) is 15.1. The lowest BCUT2D eigenvalue weighted by atomic mass is 9.92. The predicted molar refractivity (Wildman–Crippen MR) is 159 cm³/mol. The average Bonchev–Trinajstić information content (AvgIpc) is 3.36. The van der Waals surface area contributed by atoms with Crippen LogP contribution in [0, 0.1) is 6.92 Å². The summed E-state index contributed by atoms with van der Waals surface area (Å²) in [6.45, 7) is 9.90. The molecule has 2 N–H and O–H groups in total. The van der Waals surface area contributed by atoms with Gasteiger partial charge < -0.3 is 24.8 Å². The molecular formula is C31H40N8O2. The van der Waals surface area contributed by atoms with Gasteiger partial charge >= 0.3 is 6.01 Å². The van der Waals surface area contributed by atoms with Gasteiger partial charge in [-0.15, -0.1) is 0 Å². The van der Waals surface area contributed by atoms with Gasteiger partial charge in [0.2, 0.25) is 5.91 Å². The van der Waals surface area contributed by atoms with Crippen molar-refractivity contribution in [2.24, 2.45) is 0 Å². The number of nitrogens with zero attached hydrogens (tertiary/aromatic N) is 6. The minimum Gasteiger partial charge on any atom is -0.462 e. The maximum atomic E-state index is 11.9. The Balaban J connectivity index is 1.22. The molecule has 4 aliphatic rings. The van der Waals surface area contributed by atoms with E-state index in [1.807, 2.05) is 6.20 Å². The molecule has 0 radical (unpaired) electrons. The summed E-state index contributed by atoms with van der Waals surface area (Å²) < 4.78 is 6.34. The minimum atomic E-state index is -0.103. The third-order valence-corrected chi connectivity index (χ3v) is 9.73. The van der Waals surface area contributed by atoms with Crippen LogP contribution in [0.3, 0.4) is 0 Å². The normalized spacial score (nSPS) is 22.2. The van der Waals surface area contributed by atoms with E-state index >= 15 is 0 Å². The number of fused-ring (bicyclic) bond motifs is 2. The summed E-state index contributed by atoms with van der Waals surface area (Å²) in [5.74, 6) is 0.913. The Morgan fingerprint density at radius 1 is 1.22 bits per heavy atom. The van der Waals surface area contributed by atoms with Crippen molar-refractivity contribution in [2.45, 2.75) is 76.0 Å². The number of aromatic nitrogens is 4. The van der Waals surface area contributed by atoms with Crippen molar-refractivity contribution in [1.82, 2.24) is 30.4 Å². The minimum absolute atomic E-state index is 0.0760. The Labute approximate surface area is 241 Å². The van der Waals surface area contributed by atoms with E-state index in [1.54, 1.807) is 0 Å². The van der Waals surface area contributed by atoms with Crippen molar-refractivity contribution in [3.8, 4) is 6.01 Å². The van der Waals surface area contributed by atoms with E-state index in [2.05, 4.69) is 62.9 Å². The first kappa shape index (κ1) is 26.3. The van der Waals surface area contributed by atoms with Crippen LogP contribution in [0.1, 0.15) is 55.3 Å². The Kier molecular flexibility index (Phi) is 6.60. The second kappa shape index (κ2) is 10.3. The molecule has 216 valence electrons. The van der Waals surface area contributed by atoms with Crippen molar-refractivity contribution >= 4 is 28.3 Å². The lowest BCUT2D eigenvalue weighted by Gasteiger charge is -2.42. The molecule has 0 unspecified atom stereocenters. The van der Waals surface area contributed by atoms with E-state index in [-0.39, 0.29) is 17.5 Å². The lowest BCUT2D eigenvalue weighted by molar-refractivity contribution is -0.117. The van der Waals surface area contributed by atoms with Gasteiger partial charge in [0.25, 0.3) is 0 Å². The zero-order valence-corrected chi connectivity index (χ0v) is 24.2. The number of carbonyl (C=O) groups is 1. The summed E-state index contributed by atoms with van der Waals surface area (Å²) in [7, 11) is 2.17. The highest BCUT2D eigenvalue weighted by Gasteiger charge is 2.52. The van der Waals surface area contributed by atoms with E-state index in [4.69, 9.17) is 14.7 Å². The maximum Gasteiger partial charge on any atom is 0.318 e. The first-order chi connectivity index (χ1) is 19.9. The largest absolute Gasteiger partial charge is 0.462 e. The molecule has 1 spiro atoms. The SMILES string of the molecule is C=CC(=O)NC1CCN(c2nc(OC[C@@H]3CCCN3C)nc3c2CC2(CC2)N(c2c(C)ccc4[nH]ncc24)C3)CC1. The maximum absolute atomic E-state index is 11.9. The van der Waals surface area contributed by atoms with Crippen LogP contribution >= 0.6 is 0 Å². The van der Waals surface area contributed by atoms with Gasteiger partial charge in [-0.25, -0.2) is 0 Å². The topological polar surface area (TPSA) is 103 Å². The predicted octanol–water partition coefficient (Wildman–Crippen LogP) is 3.50. The fourth-order valence-corrected chi connectivity index (χ4v) is 7.11. The Morgan fingerprint density at radius 2 is 2.05 bits per heavy atom. The number of aromatic amines is 1. The number of amides is 1. The van der Waals surface area contributed by atoms with Gasteiger partial charge in [-0.2, -0.15) is 15.1 Å². The molecule has 1 amide bonds. The molecule has 3 aromatic rings. The van der Waals surface area contributed by atoms with Gasteiger partial charge in [0.1, 0.15) is 12.4 Å². The fraction of sp³-hybridized carbons (Fsp3) is 0.548. The molecule has 41 heavy (non-hydrogen) atoms. The zero-order valence-electron chi connectivity index (χ0n) is 24.2. The third-order valence-electron chi connectivity index (χ3n) is 9.73. The number of piperidine rings is 1. The number of nitrogens with one attached hydrogen (secondary N) is 2. The van der Waals surface area contributed by atoms with Crippen LogP contribution in [0.25, 0.3) is 10.9 Å². The molecule has 0 bridgehead atoms. The Bertz CT molecular complexity index is 1470. The number of likely N-dealkylation sites (N-methyl/N-ethyl adjacent to an activating group) is 1. The lowest BCUT2D eigenvalue weighted by Crippen LogP contribution is -2.47. The van der Waals surface area contributed by atoms with E-state index < -0.39 is 0 Å². The number of likely N-dealkylation sites (tertiary alicyclic amines) is 1. The van der Waals surface area contributed by atoms with Gasteiger partial charge in [-0.05, 0) is 76.7 Å². The molecule has 3 fully saturated rings. The molecule has 1 aromatic carbocycles. The monoisotopic (exact) mass is 556 g/mol. The van der Waals surface area contributed by atoms with Gasteiger partial charge in [-0.1, -0.05) is 12.6 Å². The molecule has 10 heteroatoms. The Morgan fingerprint density at radius 3 is 2.78 bits per heavy atom. The number of benzene rings is 1. The summed E-state index contributed by atoms with van der Waals surface area (Å²) in [4.78, 5) is 29.4. The number of rotatable bonds is 7. The van der Waals surface area contributed by atoms with Crippen molar-refractivity contribution < 1.29 is 9.53 Å². The van der Waals surface area contributed by atoms with E-state index in [1.165, 1.54) is 34.7 Å². The standard InChI is InChI=1S/C31H40N8O2/c1-4-27(40)33-21-9-14-38(15-10-21)29-23-16-31(11-12-31)39(28-20(2)7-8-25-24(28)17-32-36-25)18-26(23)34-30(35-29)41-19-22-6-5-13-37(22)3/h4,7-8,17,21-22H,1,5-6,9-16,18-19H2,2-3H3,(H,32,36)(H,33,40)/t22-/m0/s1. The fourth-order valence-electron chi connectivity index (χ4n) is 7.11. The van der Waals surface area contributed by atoms with Gasteiger partial charge in [-0.3, -0.25) is 9.89 Å². The first-order valence-electron chi connectivity index (χ1n) is 15.1. The van der Waals surface area contributed by atoms with Crippen molar-refractivity contribution in [1.29, 1.82) is 0 Å². The van der Waals surface area contributed by atoms with Crippen molar-refractivity contribution in [2.75, 3.05) is 43.1 Å². The van der Waals surface area contributed by atoms with E-state index in [0.717, 1.165) is 81.7 Å². The smallest absolute Gasteiger partial charge is 0.318 e. The quantitative estimate of drug-likeness (QED) is 0.427. The van der Waals surface area contributed by atoms with Crippen LogP contribution in [0.2, 0.25) is 0 Å². The average molecular weight is 557 g/mol. The summed E-state index contributed by atoms with van der Waals surface area (Å²) in [6, 6.07) is 5.34. The van der Waals surface area contributed by atoms with Crippen LogP contribution in [0.4, 0.5) is 11.5 Å². The van der Waals surface area contributed by atoms with Crippen LogP contribution in [-0.2, 0) is 17.8 Å². The summed E-state index contributed by atoms with van der Waals surface area (Å²) in [5, 5.41) is 11.8. The molecular weight excluding hydrogens is 516 g/mol. The van der Waals surface area contributed by atoms with Crippen molar-refractivity contribution in [3.05, 3.63) is 47.8 Å². The number of anilines is 2. The second-order valence-electron chi connectivity index (χ2n) is 12.4. The van der Waals surface area contributed by atoms with E-state index in [0.29, 0.717) is 18.7 Å². The molecule has 5 heterocycles. The highest BCUT2D eigenvalue weighted by Crippen LogP contribution is 2.53. The highest BCUT2D eigenvalue weighted by molar-refractivity contribution is 5.94. The van der Waals surface area contributed by atoms with Gasteiger partial charge in [0, 0.05) is 48.1 Å². The third kappa shape index (κ3) is 4.81. The Hall–Kier alpha value is -3.66. The van der Waals surface area contributed by atoms with Crippen LogP contribution in [0.15, 0.2) is 31.0 Å². The zero-order chi connectivity index (χ0) is 28.1. The molecule has 1 saturated carbocycles. The molecule has 1 aliphatic carbocycles. The van der Waals surface area contributed by atoms with Crippen LogP contribution in [0.5, 0.6) is 6.01 Å². The second-order valence-corrected chi connectivity index (χ2v) is 12.4. The van der Waals surface area contributed by atoms with E-state index in [9.17, 15) is 4.79 Å². The highest BCUT2D eigenvalue weighted by atomic mass is 16.5. The summed E-state index contributed by atoms with van der Waals surface area (Å²) >= 11 is 0. The molecule has 1 atom stereocenters. The number of carbonyl (C=O) groups excluding carboxylic acids is 1. The number of aryl methyl sites for hydroxylation is 1.